The van der Waals surface area contributed by atoms with E-state index in [1.54, 1.807) is 42.2 Å². The molecule has 0 heterocycles. The first-order chi connectivity index (χ1) is 16.5. The van der Waals surface area contributed by atoms with Crippen molar-refractivity contribution in [1.82, 2.24) is 4.90 Å². The van der Waals surface area contributed by atoms with Gasteiger partial charge in [-0.25, -0.2) is 9.59 Å². The van der Waals surface area contributed by atoms with Gasteiger partial charge in [0.15, 0.2) is 17.6 Å². The summed E-state index contributed by atoms with van der Waals surface area (Å²) in [6.07, 6.45) is 1.89. The summed E-state index contributed by atoms with van der Waals surface area (Å²) in [7, 11) is 1.53. The molecule has 0 radical (unpaired) electrons. The molecule has 2 rings (SSSR count). The van der Waals surface area contributed by atoms with Crippen LogP contribution in [-0.2, 0) is 16.0 Å². The van der Waals surface area contributed by atoms with Crippen LogP contribution in [0.4, 0.5) is 4.79 Å². The highest BCUT2D eigenvalue weighted by molar-refractivity contribution is 5.73. The zero-order chi connectivity index (χ0) is 24.8. The molecule has 2 aromatic rings. The van der Waals surface area contributed by atoms with Gasteiger partial charge >= 0.3 is 12.1 Å². The van der Waals surface area contributed by atoms with Gasteiger partial charge < -0.3 is 29.0 Å². The van der Waals surface area contributed by atoms with Crippen molar-refractivity contribution in [1.29, 1.82) is 0 Å². The lowest BCUT2D eigenvalue weighted by molar-refractivity contribution is -0.149. The second kappa shape index (κ2) is 14.8. The molecular formula is C26H35NO7. The van der Waals surface area contributed by atoms with Gasteiger partial charge in [-0.1, -0.05) is 44.0 Å². The highest BCUT2D eigenvalue weighted by Crippen LogP contribution is 2.26. The van der Waals surface area contributed by atoms with Crippen LogP contribution in [0.2, 0.25) is 0 Å². The smallest absolute Gasteiger partial charge is 0.415 e. The van der Waals surface area contributed by atoms with Crippen LogP contribution in [0.1, 0.15) is 38.7 Å². The molecule has 186 valence electrons. The number of amides is 1. The minimum Gasteiger partial charge on any atom is -0.493 e. The standard InChI is InChI=1S/C26H35NO7/c1-4-6-9-16-27(26(30)34-23-11-8-7-10-22(23)31-3)17-18-33-21-14-12-20(13-15-21)19-24(25(28)29)32-5-2/h7-8,10-15,24H,4-6,9,16-19H2,1-3H3,(H,28,29). The SMILES string of the molecule is CCCCCN(CCOc1ccc(CC(OCC)C(=O)O)cc1)C(=O)Oc1ccccc1OC. The summed E-state index contributed by atoms with van der Waals surface area (Å²) in [6, 6.07) is 14.2. The Bertz CT molecular complexity index is 885. The molecule has 2 aromatic carbocycles. The number of carboxylic acid groups (broad SMARTS) is 1. The van der Waals surface area contributed by atoms with Crippen molar-refractivity contribution in [3.63, 3.8) is 0 Å². The third-order valence-electron chi connectivity index (χ3n) is 5.17. The van der Waals surface area contributed by atoms with Crippen molar-refractivity contribution in [2.24, 2.45) is 0 Å². The second-order valence-electron chi connectivity index (χ2n) is 7.69. The van der Waals surface area contributed by atoms with Crippen LogP contribution in [-0.4, -0.2) is 61.6 Å². The number of aliphatic carboxylic acids is 1. The van der Waals surface area contributed by atoms with Crippen LogP contribution >= 0.6 is 0 Å². The van der Waals surface area contributed by atoms with E-state index in [4.69, 9.17) is 18.9 Å². The Morgan fingerprint density at radius 1 is 0.971 bits per heavy atom. The summed E-state index contributed by atoms with van der Waals surface area (Å²) in [6.45, 7) is 5.44. The van der Waals surface area contributed by atoms with Gasteiger partial charge in [0.25, 0.3) is 0 Å². The number of nitrogens with zero attached hydrogens (tertiary/aromatic N) is 1. The number of unbranched alkanes of at least 4 members (excludes halogenated alkanes) is 2. The first kappa shape index (κ1) is 27.0. The van der Waals surface area contributed by atoms with Crippen LogP contribution in [0.25, 0.3) is 0 Å². The van der Waals surface area contributed by atoms with Crippen molar-refractivity contribution >= 4 is 12.1 Å². The topological polar surface area (TPSA) is 94.5 Å². The van der Waals surface area contributed by atoms with E-state index in [1.807, 2.05) is 18.2 Å². The third-order valence-corrected chi connectivity index (χ3v) is 5.17. The van der Waals surface area contributed by atoms with Crippen LogP contribution in [0, 0.1) is 0 Å². The summed E-state index contributed by atoms with van der Waals surface area (Å²) < 4.78 is 21.9. The van der Waals surface area contributed by atoms with Crippen LogP contribution < -0.4 is 14.2 Å². The molecule has 0 saturated carbocycles. The van der Waals surface area contributed by atoms with Crippen LogP contribution in [0.3, 0.4) is 0 Å². The Kier molecular flexibility index (Phi) is 11.7. The van der Waals surface area contributed by atoms with E-state index in [2.05, 4.69) is 6.92 Å². The number of carboxylic acids is 1. The lowest BCUT2D eigenvalue weighted by atomic mass is 10.1. The van der Waals surface area contributed by atoms with Crippen LogP contribution in [0.5, 0.6) is 17.2 Å². The van der Waals surface area contributed by atoms with E-state index in [-0.39, 0.29) is 6.42 Å². The van der Waals surface area contributed by atoms with Gasteiger partial charge in [-0.05, 0) is 43.2 Å². The molecule has 8 nitrogen and oxygen atoms in total. The summed E-state index contributed by atoms with van der Waals surface area (Å²) in [4.78, 5) is 25.7. The largest absolute Gasteiger partial charge is 0.493 e. The van der Waals surface area contributed by atoms with Crippen molar-refractivity contribution in [3.8, 4) is 17.2 Å². The maximum absolute atomic E-state index is 12.8. The maximum Gasteiger partial charge on any atom is 0.415 e. The number of benzene rings is 2. The van der Waals surface area contributed by atoms with Gasteiger partial charge in [-0.15, -0.1) is 0 Å². The van der Waals surface area contributed by atoms with Gasteiger partial charge in [0.2, 0.25) is 0 Å². The van der Waals surface area contributed by atoms with E-state index < -0.39 is 18.2 Å². The molecule has 0 aliphatic rings. The first-order valence-electron chi connectivity index (χ1n) is 11.6. The fourth-order valence-electron chi connectivity index (χ4n) is 3.34. The lowest BCUT2D eigenvalue weighted by Gasteiger charge is -2.22. The molecular weight excluding hydrogens is 438 g/mol. The van der Waals surface area contributed by atoms with Gasteiger partial charge in [-0.2, -0.15) is 0 Å². The quantitative estimate of drug-likeness (QED) is 0.371. The Labute approximate surface area is 201 Å². The Hall–Kier alpha value is -3.26. The second-order valence-corrected chi connectivity index (χ2v) is 7.69. The number of carbonyl (C=O) groups excluding carboxylic acids is 1. The molecule has 0 spiro atoms. The highest BCUT2D eigenvalue weighted by Gasteiger charge is 2.19. The summed E-state index contributed by atoms with van der Waals surface area (Å²) in [5.74, 6) is 0.526. The van der Waals surface area contributed by atoms with E-state index in [1.165, 1.54) is 7.11 Å². The Balaban J connectivity index is 1.92. The molecule has 0 aliphatic heterocycles. The summed E-state index contributed by atoms with van der Waals surface area (Å²) in [5, 5.41) is 9.23. The molecule has 0 aromatic heterocycles. The van der Waals surface area contributed by atoms with Crippen LogP contribution in [0.15, 0.2) is 48.5 Å². The van der Waals surface area contributed by atoms with Crippen molar-refractivity contribution in [3.05, 3.63) is 54.1 Å². The molecule has 1 N–H and O–H groups in total. The number of hydrogen-bond acceptors (Lipinski definition) is 6. The van der Waals surface area contributed by atoms with E-state index in [0.717, 1.165) is 24.8 Å². The summed E-state index contributed by atoms with van der Waals surface area (Å²) in [5.41, 5.74) is 0.842. The number of carbonyl (C=O) groups is 2. The third kappa shape index (κ3) is 8.94. The van der Waals surface area contributed by atoms with Crippen molar-refractivity contribution in [2.45, 2.75) is 45.6 Å². The lowest BCUT2D eigenvalue weighted by Crippen LogP contribution is -2.37. The van der Waals surface area contributed by atoms with Gasteiger partial charge in [-0.3, -0.25) is 0 Å². The van der Waals surface area contributed by atoms with E-state index in [0.29, 0.717) is 43.6 Å². The maximum atomic E-state index is 12.8. The normalized spacial score (nSPS) is 11.5. The predicted molar refractivity (Wildman–Crippen MR) is 129 cm³/mol. The molecule has 8 heteroatoms. The highest BCUT2D eigenvalue weighted by atomic mass is 16.6. The number of hydrogen-bond donors (Lipinski definition) is 1. The van der Waals surface area contributed by atoms with E-state index >= 15 is 0 Å². The first-order valence-corrected chi connectivity index (χ1v) is 11.6. The fourth-order valence-corrected chi connectivity index (χ4v) is 3.34. The zero-order valence-electron chi connectivity index (χ0n) is 20.2. The molecule has 34 heavy (non-hydrogen) atoms. The molecule has 0 fully saturated rings. The molecule has 0 bridgehead atoms. The minimum atomic E-state index is -0.981. The molecule has 1 amide bonds. The molecule has 1 unspecified atom stereocenters. The van der Waals surface area contributed by atoms with Gasteiger partial charge in [0.05, 0.1) is 13.7 Å². The summed E-state index contributed by atoms with van der Waals surface area (Å²) >= 11 is 0. The number of rotatable bonds is 15. The number of ether oxygens (including phenoxy) is 4. The Morgan fingerprint density at radius 2 is 1.68 bits per heavy atom. The molecule has 1 atom stereocenters. The Morgan fingerprint density at radius 3 is 2.29 bits per heavy atom. The average Bonchev–Trinajstić information content (AvgIpc) is 2.84. The monoisotopic (exact) mass is 473 g/mol. The van der Waals surface area contributed by atoms with Crippen molar-refractivity contribution < 1.29 is 33.6 Å². The zero-order valence-corrected chi connectivity index (χ0v) is 20.2. The molecule has 0 aliphatic carbocycles. The van der Waals surface area contributed by atoms with Gasteiger partial charge in [0, 0.05) is 19.6 Å². The predicted octanol–water partition coefficient (Wildman–Crippen LogP) is 4.80. The van der Waals surface area contributed by atoms with E-state index in [9.17, 15) is 14.7 Å². The van der Waals surface area contributed by atoms with Gasteiger partial charge in [0.1, 0.15) is 12.4 Å². The average molecular weight is 474 g/mol. The number of methoxy groups -OCH3 is 1. The molecule has 0 saturated heterocycles. The minimum absolute atomic E-state index is 0.281. The fraction of sp³-hybridized carbons (Fsp3) is 0.462. The number of para-hydroxylation sites is 2. The van der Waals surface area contributed by atoms with Crippen molar-refractivity contribution in [2.75, 3.05) is 33.4 Å².